The van der Waals surface area contributed by atoms with E-state index < -0.39 is 0 Å². The number of carbonyl (C=O) groups is 1. The summed E-state index contributed by atoms with van der Waals surface area (Å²) in [7, 11) is 0. The summed E-state index contributed by atoms with van der Waals surface area (Å²) in [4.78, 5) is 22.5. The Bertz CT molecular complexity index is 913. The number of piperidine rings is 1. The van der Waals surface area contributed by atoms with Crippen molar-refractivity contribution in [2.45, 2.75) is 32.1 Å². The monoisotopic (exact) mass is 382 g/mol. The van der Waals surface area contributed by atoms with E-state index in [1.54, 1.807) is 11.3 Å². The number of nitrogens with one attached hydrogen (secondary N) is 2. The fourth-order valence-electron chi connectivity index (χ4n) is 3.25. The maximum absolute atomic E-state index is 12.4. The molecule has 3 aromatic rings. The molecule has 0 spiro atoms. The minimum absolute atomic E-state index is 0.128. The largest absolute Gasteiger partial charge is 0.441 e. The van der Waals surface area contributed by atoms with Crippen LogP contribution in [0.3, 0.4) is 0 Å². The van der Waals surface area contributed by atoms with Crippen LogP contribution < -0.4 is 10.6 Å². The molecule has 1 amide bonds. The van der Waals surface area contributed by atoms with Gasteiger partial charge < -0.3 is 15.1 Å². The first-order valence-corrected chi connectivity index (χ1v) is 9.98. The first kappa shape index (κ1) is 17.9. The lowest BCUT2D eigenvalue weighted by Gasteiger charge is -2.20. The van der Waals surface area contributed by atoms with Gasteiger partial charge in [0.25, 0.3) is 0 Å². The Labute approximate surface area is 162 Å². The Morgan fingerprint density at radius 3 is 2.85 bits per heavy atom. The van der Waals surface area contributed by atoms with E-state index in [9.17, 15) is 4.79 Å². The lowest BCUT2D eigenvalue weighted by molar-refractivity contribution is -0.115. The van der Waals surface area contributed by atoms with Crippen molar-refractivity contribution in [1.29, 1.82) is 0 Å². The van der Waals surface area contributed by atoms with Gasteiger partial charge in [-0.15, -0.1) is 11.3 Å². The molecule has 140 valence electrons. The van der Waals surface area contributed by atoms with Crippen LogP contribution in [0.5, 0.6) is 0 Å². The summed E-state index contributed by atoms with van der Waals surface area (Å²) >= 11 is 1.57. The Kier molecular flexibility index (Phi) is 5.31. The van der Waals surface area contributed by atoms with Crippen LogP contribution in [0.4, 0.5) is 5.13 Å². The van der Waals surface area contributed by atoms with Crippen LogP contribution in [0.25, 0.3) is 11.5 Å². The van der Waals surface area contributed by atoms with Gasteiger partial charge in [0.15, 0.2) is 5.13 Å². The molecule has 6 nitrogen and oxygen atoms in total. The molecule has 1 fully saturated rings. The SMILES string of the molecule is Cc1oc(-c2ccccc2)nc1CC(=O)Nc1ncc(C2CCNCC2)s1. The number of hydrogen-bond donors (Lipinski definition) is 2. The van der Waals surface area contributed by atoms with Gasteiger partial charge in [0.05, 0.1) is 12.1 Å². The molecular weight excluding hydrogens is 360 g/mol. The summed E-state index contributed by atoms with van der Waals surface area (Å²) < 4.78 is 5.73. The zero-order valence-corrected chi connectivity index (χ0v) is 16.0. The maximum Gasteiger partial charge on any atom is 0.232 e. The number of hydrogen-bond acceptors (Lipinski definition) is 6. The molecular formula is C20H22N4O2S. The topological polar surface area (TPSA) is 80.1 Å². The molecule has 2 aromatic heterocycles. The molecule has 0 aliphatic carbocycles. The lowest BCUT2D eigenvalue weighted by atomic mass is 9.97. The Balaban J connectivity index is 1.40. The number of nitrogens with zero attached hydrogens (tertiary/aromatic N) is 2. The highest BCUT2D eigenvalue weighted by molar-refractivity contribution is 7.15. The van der Waals surface area contributed by atoms with E-state index in [0.717, 1.165) is 31.5 Å². The molecule has 2 N–H and O–H groups in total. The van der Waals surface area contributed by atoms with Crippen molar-refractivity contribution in [3.05, 3.63) is 52.9 Å². The number of aryl methyl sites for hydroxylation is 1. The van der Waals surface area contributed by atoms with Gasteiger partial charge in [-0.3, -0.25) is 4.79 Å². The van der Waals surface area contributed by atoms with Crippen molar-refractivity contribution in [2.75, 3.05) is 18.4 Å². The van der Waals surface area contributed by atoms with Gasteiger partial charge in [-0.25, -0.2) is 9.97 Å². The summed E-state index contributed by atoms with van der Waals surface area (Å²) in [5.74, 6) is 1.62. The van der Waals surface area contributed by atoms with Gasteiger partial charge in [0, 0.05) is 16.6 Å². The predicted octanol–water partition coefficient (Wildman–Crippen LogP) is 3.75. The van der Waals surface area contributed by atoms with Crippen molar-refractivity contribution < 1.29 is 9.21 Å². The molecule has 1 saturated heterocycles. The van der Waals surface area contributed by atoms with Crippen molar-refractivity contribution >= 4 is 22.4 Å². The number of carbonyl (C=O) groups excluding carboxylic acids is 1. The molecule has 27 heavy (non-hydrogen) atoms. The van der Waals surface area contributed by atoms with E-state index in [1.165, 1.54) is 4.88 Å². The summed E-state index contributed by atoms with van der Waals surface area (Å²) in [5.41, 5.74) is 1.56. The van der Waals surface area contributed by atoms with Crippen molar-refractivity contribution in [3.63, 3.8) is 0 Å². The summed E-state index contributed by atoms with van der Waals surface area (Å²) in [6, 6.07) is 9.69. The molecule has 7 heteroatoms. The Morgan fingerprint density at radius 2 is 2.07 bits per heavy atom. The summed E-state index contributed by atoms with van der Waals surface area (Å²) in [5, 5.41) is 6.92. The van der Waals surface area contributed by atoms with E-state index in [1.807, 2.05) is 43.5 Å². The molecule has 0 unspecified atom stereocenters. The normalized spacial score (nSPS) is 15.0. The van der Waals surface area contributed by atoms with E-state index >= 15 is 0 Å². The quantitative estimate of drug-likeness (QED) is 0.702. The second-order valence-electron chi connectivity index (χ2n) is 6.70. The predicted molar refractivity (Wildman–Crippen MR) is 106 cm³/mol. The number of anilines is 1. The van der Waals surface area contributed by atoms with Gasteiger partial charge >= 0.3 is 0 Å². The lowest BCUT2D eigenvalue weighted by Crippen LogP contribution is -2.26. The molecule has 0 bridgehead atoms. The van der Waals surface area contributed by atoms with Gasteiger partial charge in [0.2, 0.25) is 11.8 Å². The average molecular weight is 382 g/mol. The highest BCUT2D eigenvalue weighted by atomic mass is 32.1. The third kappa shape index (κ3) is 4.26. The highest BCUT2D eigenvalue weighted by Crippen LogP contribution is 2.31. The standard InChI is InChI=1S/C20H22N4O2S/c1-13-16(23-19(26-13)15-5-3-2-4-6-15)11-18(25)24-20-22-12-17(27-20)14-7-9-21-10-8-14/h2-6,12,14,21H,7-11H2,1H3,(H,22,24,25). The number of aromatic nitrogens is 2. The van der Waals surface area contributed by atoms with Gasteiger partial charge in [0.1, 0.15) is 5.76 Å². The maximum atomic E-state index is 12.4. The molecule has 3 heterocycles. The zero-order valence-electron chi connectivity index (χ0n) is 15.2. The second kappa shape index (κ2) is 8.02. The van der Waals surface area contributed by atoms with E-state index in [0.29, 0.717) is 28.4 Å². The first-order chi connectivity index (χ1) is 13.2. The molecule has 1 aliphatic heterocycles. The van der Waals surface area contributed by atoms with Crippen LogP contribution in [0, 0.1) is 6.92 Å². The number of amides is 1. The van der Waals surface area contributed by atoms with Crippen molar-refractivity contribution in [3.8, 4) is 11.5 Å². The van der Waals surface area contributed by atoms with Gasteiger partial charge in [-0.2, -0.15) is 0 Å². The fraction of sp³-hybridized carbons (Fsp3) is 0.350. The average Bonchev–Trinajstić information content (AvgIpc) is 3.30. The van der Waals surface area contributed by atoms with Gasteiger partial charge in [-0.1, -0.05) is 18.2 Å². The molecule has 4 rings (SSSR count). The van der Waals surface area contributed by atoms with Crippen LogP contribution >= 0.6 is 11.3 Å². The third-order valence-electron chi connectivity index (χ3n) is 4.75. The molecule has 0 radical (unpaired) electrons. The summed E-state index contributed by atoms with van der Waals surface area (Å²) in [6.07, 6.45) is 4.31. The zero-order chi connectivity index (χ0) is 18.6. The molecule has 0 saturated carbocycles. The van der Waals surface area contributed by atoms with Crippen LogP contribution in [0.1, 0.15) is 35.1 Å². The van der Waals surface area contributed by atoms with Crippen LogP contribution in [0.15, 0.2) is 40.9 Å². The third-order valence-corrected chi connectivity index (χ3v) is 5.83. The van der Waals surface area contributed by atoms with Crippen LogP contribution in [-0.4, -0.2) is 29.0 Å². The number of thiazole rings is 1. The van der Waals surface area contributed by atoms with Crippen LogP contribution in [-0.2, 0) is 11.2 Å². The summed E-state index contributed by atoms with van der Waals surface area (Å²) in [6.45, 7) is 3.92. The highest BCUT2D eigenvalue weighted by Gasteiger charge is 2.19. The Morgan fingerprint density at radius 1 is 1.30 bits per heavy atom. The van der Waals surface area contributed by atoms with E-state index in [4.69, 9.17) is 4.42 Å². The first-order valence-electron chi connectivity index (χ1n) is 9.17. The van der Waals surface area contributed by atoms with E-state index in [-0.39, 0.29) is 12.3 Å². The Hall–Kier alpha value is -2.51. The van der Waals surface area contributed by atoms with Crippen molar-refractivity contribution in [1.82, 2.24) is 15.3 Å². The van der Waals surface area contributed by atoms with Crippen LogP contribution in [0.2, 0.25) is 0 Å². The molecule has 1 aromatic carbocycles. The second-order valence-corrected chi connectivity index (χ2v) is 7.77. The van der Waals surface area contributed by atoms with E-state index in [2.05, 4.69) is 20.6 Å². The minimum atomic E-state index is -0.128. The number of rotatable bonds is 5. The van der Waals surface area contributed by atoms with Crippen molar-refractivity contribution in [2.24, 2.45) is 0 Å². The molecule has 0 atom stereocenters. The molecule has 1 aliphatic rings. The minimum Gasteiger partial charge on any atom is -0.441 e. The number of oxazole rings is 1. The smallest absolute Gasteiger partial charge is 0.232 e. The number of benzene rings is 1. The fourth-order valence-corrected chi connectivity index (χ4v) is 4.25. The van der Waals surface area contributed by atoms with Gasteiger partial charge in [-0.05, 0) is 50.9 Å².